The topological polar surface area (TPSA) is 56.7 Å². The Morgan fingerprint density at radius 1 is 1.28 bits per heavy atom. The molecule has 0 atom stereocenters. The molecular weight excluding hydrogens is 228 g/mol. The van der Waals surface area contributed by atoms with Crippen molar-refractivity contribution in [3.05, 3.63) is 12.7 Å². The Kier molecular flexibility index (Phi) is 9.73. The van der Waals surface area contributed by atoms with Crippen molar-refractivity contribution in [1.29, 1.82) is 0 Å². The summed E-state index contributed by atoms with van der Waals surface area (Å²) in [5, 5.41) is 6.21. The van der Waals surface area contributed by atoms with Crippen LogP contribution < -0.4 is 10.6 Å². The van der Waals surface area contributed by atoms with Gasteiger partial charge in [0.05, 0.1) is 6.54 Å². The third-order valence-corrected chi connectivity index (χ3v) is 2.47. The van der Waals surface area contributed by atoms with Crippen molar-refractivity contribution in [1.82, 2.24) is 15.5 Å². The van der Waals surface area contributed by atoms with Crippen molar-refractivity contribution in [2.75, 3.05) is 32.7 Å². The van der Waals surface area contributed by atoms with Gasteiger partial charge in [0.2, 0.25) is 5.91 Å². The lowest BCUT2D eigenvalue weighted by atomic mass is 10.3. The van der Waals surface area contributed by atoms with Gasteiger partial charge in [0, 0.05) is 32.6 Å². The molecule has 0 saturated heterocycles. The molecule has 5 nitrogen and oxygen atoms in total. The van der Waals surface area contributed by atoms with Crippen molar-refractivity contribution < 1.29 is 4.79 Å². The number of hydrogen-bond acceptors (Lipinski definition) is 2. The van der Waals surface area contributed by atoms with Crippen LogP contribution in [-0.4, -0.2) is 49.5 Å². The smallest absolute Gasteiger partial charge is 0.224 e. The van der Waals surface area contributed by atoms with E-state index in [1.165, 1.54) is 0 Å². The van der Waals surface area contributed by atoms with E-state index in [0.29, 0.717) is 19.5 Å². The summed E-state index contributed by atoms with van der Waals surface area (Å²) in [7, 11) is 0. The maximum atomic E-state index is 11.8. The first-order valence-electron chi connectivity index (χ1n) is 6.60. The van der Waals surface area contributed by atoms with Gasteiger partial charge in [-0.05, 0) is 20.8 Å². The first-order valence-corrected chi connectivity index (χ1v) is 6.60. The summed E-state index contributed by atoms with van der Waals surface area (Å²) in [6, 6.07) is 0. The number of hydrogen-bond donors (Lipinski definition) is 2. The maximum Gasteiger partial charge on any atom is 0.224 e. The second-order valence-corrected chi connectivity index (χ2v) is 3.75. The molecule has 104 valence electrons. The summed E-state index contributed by atoms with van der Waals surface area (Å²) in [5.41, 5.74) is 0. The van der Waals surface area contributed by atoms with E-state index in [4.69, 9.17) is 0 Å². The van der Waals surface area contributed by atoms with Gasteiger partial charge in [0.1, 0.15) is 0 Å². The van der Waals surface area contributed by atoms with E-state index < -0.39 is 0 Å². The summed E-state index contributed by atoms with van der Waals surface area (Å²) < 4.78 is 0. The van der Waals surface area contributed by atoms with Crippen LogP contribution in [0.4, 0.5) is 0 Å². The van der Waals surface area contributed by atoms with Gasteiger partial charge < -0.3 is 15.5 Å². The van der Waals surface area contributed by atoms with E-state index in [1.807, 2.05) is 25.7 Å². The highest BCUT2D eigenvalue weighted by Crippen LogP contribution is 1.94. The quantitative estimate of drug-likeness (QED) is 0.386. The summed E-state index contributed by atoms with van der Waals surface area (Å²) in [4.78, 5) is 17.9. The zero-order valence-corrected chi connectivity index (χ0v) is 11.8. The predicted molar refractivity (Wildman–Crippen MR) is 76.7 cm³/mol. The number of aliphatic imine (C=N–C) groups is 1. The molecule has 0 bridgehead atoms. The second kappa shape index (κ2) is 10.6. The SMILES string of the molecule is C=CCNC(=NCCC(=O)N(CC)CC)NCC. The Morgan fingerprint density at radius 2 is 1.94 bits per heavy atom. The molecule has 2 N–H and O–H groups in total. The van der Waals surface area contributed by atoms with E-state index in [0.717, 1.165) is 25.6 Å². The zero-order valence-electron chi connectivity index (χ0n) is 11.8. The average molecular weight is 254 g/mol. The van der Waals surface area contributed by atoms with Crippen LogP contribution in [0.25, 0.3) is 0 Å². The summed E-state index contributed by atoms with van der Waals surface area (Å²) in [5.74, 6) is 0.882. The monoisotopic (exact) mass is 254 g/mol. The number of carbonyl (C=O) groups is 1. The lowest BCUT2D eigenvalue weighted by Crippen LogP contribution is -2.37. The Bertz CT molecular complexity index is 272. The van der Waals surface area contributed by atoms with Crippen LogP contribution in [0.15, 0.2) is 17.6 Å². The first-order chi connectivity index (χ1) is 8.69. The van der Waals surface area contributed by atoms with Crippen LogP contribution in [0.1, 0.15) is 27.2 Å². The lowest BCUT2D eigenvalue weighted by Gasteiger charge is -2.18. The van der Waals surface area contributed by atoms with Gasteiger partial charge in [0.15, 0.2) is 5.96 Å². The van der Waals surface area contributed by atoms with Crippen molar-refractivity contribution in [3.63, 3.8) is 0 Å². The molecule has 5 heteroatoms. The molecule has 0 heterocycles. The minimum atomic E-state index is 0.156. The van der Waals surface area contributed by atoms with Crippen LogP contribution in [0.5, 0.6) is 0 Å². The molecular formula is C13H26N4O. The Morgan fingerprint density at radius 3 is 2.44 bits per heavy atom. The first kappa shape index (κ1) is 16.5. The molecule has 0 aromatic carbocycles. The molecule has 1 amide bonds. The highest BCUT2D eigenvalue weighted by atomic mass is 16.2. The van der Waals surface area contributed by atoms with E-state index in [-0.39, 0.29) is 5.91 Å². The molecule has 0 unspecified atom stereocenters. The van der Waals surface area contributed by atoms with Crippen LogP contribution in [0.2, 0.25) is 0 Å². The van der Waals surface area contributed by atoms with Gasteiger partial charge in [-0.1, -0.05) is 6.08 Å². The summed E-state index contributed by atoms with van der Waals surface area (Å²) in [6.45, 7) is 13.1. The molecule has 0 aliphatic heterocycles. The fraction of sp³-hybridized carbons (Fsp3) is 0.692. The minimum absolute atomic E-state index is 0.156. The Labute approximate surface area is 110 Å². The summed E-state index contributed by atoms with van der Waals surface area (Å²) >= 11 is 0. The van der Waals surface area contributed by atoms with Crippen LogP contribution in [-0.2, 0) is 4.79 Å². The van der Waals surface area contributed by atoms with Crippen molar-refractivity contribution in [2.24, 2.45) is 4.99 Å². The van der Waals surface area contributed by atoms with Crippen molar-refractivity contribution >= 4 is 11.9 Å². The van der Waals surface area contributed by atoms with Gasteiger partial charge in [-0.25, -0.2) is 0 Å². The number of rotatable bonds is 8. The largest absolute Gasteiger partial charge is 0.357 e. The third-order valence-electron chi connectivity index (χ3n) is 2.47. The van der Waals surface area contributed by atoms with Crippen LogP contribution >= 0.6 is 0 Å². The zero-order chi connectivity index (χ0) is 13.8. The molecule has 0 saturated carbocycles. The van der Waals surface area contributed by atoms with Crippen LogP contribution in [0, 0.1) is 0 Å². The normalized spacial score (nSPS) is 10.9. The number of nitrogens with zero attached hydrogens (tertiary/aromatic N) is 2. The molecule has 0 rings (SSSR count). The van der Waals surface area contributed by atoms with Crippen LogP contribution in [0.3, 0.4) is 0 Å². The molecule has 0 aromatic rings. The fourth-order valence-corrected chi connectivity index (χ4v) is 1.51. The highest BCUT2D eigenvalue weighted by molar-refractivity contribution is 5.81. The molecule has 0 radical (unpaired) electrons. The predicted octanol–water partition coefficient (Wildman–Crippen LogP) is 0.986. The number of amides is 1. The average Bonchev–Trinajstić information content (AvgIpc) is 2.37. The number of nitrogens with one attached hydrogen (secondary N) is 2. The third kappa shape index (κ3) is 6.93. The van der Waals surface area contributed by atoms with Gasteiger partial charge >= 0.3 is 0 Å². The second-order valence-electron chi connectivity index (χ2n) is 3.75. The Balaban J connectivity index is 4.14. The van der Waals surface area contributed by atoms with E-state index in [1.54, 1.807) is 6.08 Å². The van der Waals surface area contributed by atoms with Crippen molar-refractivity contribution in [2.45, 2.75) is 27.2 Å². The van der Waals surface area contributed by atoms with E-state index in [2.05, 4.69) is 22.2 Å². The van der Waals surface area contributed by atoms with Gasteiger partial charge in [-0.2, -0.15) is 0 Å². The molecule has 0 aliphatic rings. The van der Waals surface area contributed by atoms with Gasteiger partial charge in [0.25, 0.3) is 0 Å². The molecule has 0 aromatic heterocycles. The van der Waals surface area contributed by atoms with E-state index in [9.17, 15) is 4.79 Å². The molecule has 0 fully saturated rings. The number of carbonyl (C=O) groups excluding carboxylic acids is 1. The summed E-state index contributed by atoms with van der Waals surface area (Å²) in [6.07, 6.45) is 2.22. The minimum Gasteiger partial charge on any atom is -0.357 e. The van der Waals surface area contributed by atoms with Gasteiger partial charge in [-0.3, -0.25) is 9.79 Å². The maximum absolute atomic E-state index is 11.8. The highest BCUT2D eigenvalue weighted by Gasteiger charge is 2.08. The molecule has 18 heavy (non-hydrogen) atoms. The Hall–Kier alpha value is -1.52. The fourth-order valence-electron chi connectivity index (χ4n) is 1.51. The standard InChI is InChI=1S/C13H26N4O/c1-5-10-15-13(14-6-2)16-11-9-12(18)17(7-3)8-4/h5H,1,6-11H2,2-4H3,(H2,14,15,16). The molecule has 0 aliphatic carbocycles. The number of guanidine groups is 1. The lowest BCUT2D eigenvalue weighted by molar-refractivity contribution is -0.130. The molecule has 0 spiro atoms. The van der Waals surface area contributed by atoms with Gasteiger partial charge in [-0.15, -0.1) is 6.58 Å². The van der Waals surface area contributed by atoms with E-state index >= 15 is 0 Å². The van der Waals surface area contributed by atoms with Crippen molar-refractivity contribution in [3.8, 4) is 0 Å².